The molecule has 18 heavy (non-hydrogen) atoms. The number of hydrogen-bond donors (Lipinski definition) is 0. The van der Waals surface area contributed by atoms with Gasteiger partial charge in [-0.1, -0.05) is 30.3 Å². The number of esters is 1. The lowest BCUT2D eigenvalue weighted by atomic mass is 9.85. The van der Waals surface area contributed by atoms with Crippen molar-refractivity contribution < 1.29 is 14.3 Å². The summed E-state index contributed by atoms with van der Waals surface area (Å²) in [4.78, 5) is 11.6. The Morgan fingerprint density at radius 2 is 2.00 bits per heavy atom. The molecule has 3 heteroatoms. The lowest BCUT2D eigenvalue weighted by molar-refractivity contribution is -0.144. The maximum Gasteiger partial charge on any atom is 0.373 e. The van der Waals surface area contributed by atoms with Gasteiger partial charge < -0.3 is 9.47 Å². The molecule has 0 saturated heterocycles. The monoisotopic (exact) mass is 246 g/mol. The van der Waals surface area contributed by atoms with Crippen molar-refractivity contribution in [2.45, 2.75) is 31.8 Å². The lowest BCUT2D eigenvalue weighted by Gasteiger charge is -2.34. The second-order valence-corrected chi connectivity index (χ2v) is 5.11. The Labute approximate surface area is 107 Å². The van der Waals surface area contributed by atoms with Gasteiger partial charge in [-0.2, -0.15) is 0 Å². The van der Waals surface area contributed by atoms with Crippen LogP contribution in [0.4, 0.5) is 0 Å². The van der Waals surface area contributed by atoms with Gasteiger partial charge in [-0.25, -0.2) is 4.79 Å². The third-order valence-electron chi connectivity index (χ3n) is 3.06. The molecule has 1 aliphatic rings. The average molecular weight is 246 g/mol. The molecule has 0 unspecified atom stereocenters. The molecule has 0 radical (unpaired) electrons. The SMILES string of the molecule is COC(=O)C1=C[C@@H](c2ccccc2)CC(C)(C)O1. The van der Waals surface area contributed by atoms with Gasteiger partial charge in [0.25, 0.3) is 0 Å². The maximum absolute atomic E-state index is 11.6. The van der Waals surface area contributed by atoms with Crippen molar-refractivity contribution in [1.29, 1.82) is 0 Å². The Morgan fingerprint density at radius 1 is 1.33 bits per heavy atom. The van der Waals surface area contributed by atoms with E-state index in [1.54, 1.807) is 0 Å². The van der Waals surface area contributed by atoms with Crippen molar-refractivity contribution >= 4 is 5.97 Å². The first-order chi connectivity index (χ1) is 8.52. The fourth-order valence-electron chi connectivity index (χ4n) is 2.27. The average Bonchev–Trinajstić information content (AvgIpc) is 2.37. The minimum Gasteiger partial charge on any atom is -0.481 e. The zero-order valence-electron chi connectivity index (χ0n) is 11.0. The van der Waals surface area contributed by atoms with E-state index >= 15 is 0 Å². The number of carbonyl (C=O) groups is 1. The van der Waals surface area contributed by atoms with E-state index in [0.29, 0.717) is 5.76 Å². The summed E-state index contributed by atoms with van der Waals surface area (Å²) in [5.74, 6) is 0.0790. The Kier molecular flexibility index (Phi) is 3.41. The molecule has 0 bridgehead atoms. The molecule has 2 rings (SSSR count). The van der Waals surface area contributed by atoms with Gasteiger partial charge in [-0.15, -0.1) is 0 Å². The molecular weight excluding hydrogens is 228 g/mol. The van der Waals surface area contributed by atoms with Crippen LogP contribution < -0.4 is 0 Å². The lowest BCUT2D eigenvalue weighted by Crippen LogP contribution is -2.32. The maximum atomic E-state index is 11.6. The van der Waals surface area contributed by atoms with Gasteiger partial charge in [0.2, 0.25) is 5.76 Å². The van der Waals surface area contributed by atoms with Crippen LogP contribution in [0.15, 0.2) is 42.2 Å². The molecular formula is C15H18O3. The Morgan fingerprint density at radius 3 is 2.61 bits per heavy atom. The van der Waals surface area contributed by atoms with Gasteiger partial charge in [-0.05, 0) is 31.9 Å². The zero-order valence-corrected chi connectivity index (χ0v) is 11.0. The number of allylic oxidation sites excluding steroid dienone is 1. The van der Waals surface area contributed by atoms with Crippen molar-refractivity contribution in [3.63, 3.8) is 0 Å². The first-order valence-corrected chi connectivity index (χ1v) is 6.06. The quantitative estimate of drug-likeness (QED) is 0.752. The summed E-state index contributed by atoms with van der Waals surface area (Å²) in [7, 11) is 1.37. The number of carbonyl (C=O) groups excluding carboxylic acids is 1. The second-order valence-electron chi connectivity index (χ2n) is 5.11. The first kappa shape index (κ1) is 12.7. The third kappa shape index (κ3) is 2.73. The summed E-state index contributed by atoms with van der Waals surface area (Å²) >= 11 is 0. The van der Waals surface area contributed by atoms with Crippen LogP contribution in [0.3, 0.4) is 0 Å². The van der Waals surface area contributed by atoms with Crippen molar-refractivity contribution in [2.75, 3.05) is 7.11 Å². The molecule has 0 aliphatic carbocycles. The highest BCUT2D eigenvalue weighted by molar-refractivity contribution is 5.86. The van der Waals surface area contributed by atoms with E-state index in [4.69, 9.17) is 9.47 Å². The van der Waals surface area contributed by atoms with E-state index in [1.165, 1.54) is 12.7 Å². The molecule has 0 amide bonds. The molecule has 0 aromatic heterocycles. The van der Waals surface area contributed by atoms with E-state index in [2.05, 4.69) is 12.1 Å². The van der Waals surface area contributed by atoms with Gasteiger partial charge in [0, 0.05) is 5.92 Å². The van der Waals surface area contributed by atoms with E-state index in [9.17, 15) is 4.79 Å². The van der Waals surface area contributed by atoms with Crippen molar-refractivity contribution in [1.82, 2.24) is 0 Å². The minimum absolute atomic E-state index is 0.184. The number of ether oxygens (including phenoxy) is 2. The van der Waals surface area contributed by atoms with Crippen LogP contribution in [0.1, 0.15) is 31.7 Å². The van der Waals surface area contributed by atoms with E-state index < -0.39 is 5.97 Å². The van der Waals surface area contributed by atoms with Crippen LogP contribution >= 0.6 is 0 Å². The minimum atomic E-state index is -0.413. The Balaban J connectivity index is 2.33. The van der Waals surface area contributed by atoms with Crippen LogP contribution in [-0.2, 0) is 14.3 Å². The molecule has 1 aromatic rings. The molecule has 3 nitrogen and oxygen atoms in total. The fourth-order valence-corrected chi connectivity index (χ4v) is 2.27. The van der Waals surface area contributed by atoms with Crippen LogP contribution in [0.5, 0.6) is 0 Å². The smallest absolute Gasteiger partial charge is 0.373 e. The normalized spacial score (nSPS) is 21.7. The topological polar surface area (TPSA) is 35.5 Å². The number of benzene rings is 1. The Hall–Kier alpha value is -1.77. The number of methoxy groups -OCH3 is 1. The zero-order chi connectivity index (χ0) is 13.2. The first-order valence-electron chi connectivity index (χ1n) is 6.06. The van der Waals surface area contributed by atoms with Crippen molar-refractivity contribution in [2.24, 2.45) is 0 Å². The molecule has 1 heterocycles. The van der Waals surface area contributed by atoms with Crippen LogP contribution in [0.25, 0.3) is 0 Å². The number of rotatable bonds is 2. The van der Waals surface area contributed by atoms with E-state index in [0.717, 1.165) is 6.42 Å². The second kappa shape index (κ2) is 4.84. The Bertz CT molecular complexity index is 460. The summed E-state index contributed by atoms with van der Waals surface area (Å²) in [5.41, 5.74) is 0.828. The molecule has 1 atom stereocenters. The number of hydrogen-bond acceptors (Lipinski definition) is 3. The molecule has 96 valence electrons. The van der Waals surface area contributed by atoms with Crippen LogP contribution in [-0.4, -0.2) is 18.7 Å². The fraction of sp³-hybridized carbons (Fsp3) is 0.400. The van der Waals surface area contributed by atoms with Crippen molar-refractivity contribution in [3.8, 4) is 0 Å². The molecule has 0 saturated carbocycles. The summed E-state index contributed by atoms with van der Waals surface area (Å²) in [6.07, 6.45) is 2.70. The summed E-state index contributed by atoms with van der Waals surface area (Å²) < 4.78 is 10.4. The highest BCUT2D eigenvalue weighted by atomic mass is 16.6. The largest absolute Gasteiger partial charge is 0.481 e. The van der Waals surface area contributed by atoms with Crippen LogP contribution in [0, 0.1) is 0 Å². The molecule has 0 N–H and O–H groups in total. The van der Waals surface area contributed by atoms with Gasteiger partial charge in [0.15, 0.2) is 0 Å². The predicted octanol–water partition coefficient (Wildman–Crippen LogP) is 3.03. The van der Waals surface area contributed by atoms with Gasteiger partial charge in [0.1, 0.15) is 5.60 Å². The van der Waals surface area contributed by atoms with E-state index in [1.807, 2.05) is 38.1 Å². The van der Waals surface area contributed by atoms with Gasteiger partial charge in [-0.3, -0.25) is 0 Å². The highest BCUT2D eigenvalue weighted by Gasteiger charge is 2.33. The summed E-state index contributed by atoms with van der Waals surface area (Å²) in [6.45, 7) is 3.97. The standard InChI is InChI=1S/C15H18O3/c1-15(2)10-12(11-7-5-4-6-8-11)9-13(18-15)14(16)17-3/h4-9,12H,10H2,1-3H3/t12-/m1/s1. The summed E-state index contributed by atoms with van der Waals surface area (Å²) in [5, 5.41) is 0. The van der Waals surface area contributed by atoms with Crippen LogP contribution in [0.2, 0.25) is 0 Å². The molecule has 0 fully saturated rings. The van der Waals surface area contributed by atoms with E-state index in [-0.39, 0.29) is 11.5 Å². The molecule has 1 aromatic carbocycles. The van der Waals surface area contributed by atoms with Gasteiger partial charge in [0.05, 0.1) is 7.11 Å². The van der Waals surface area contributed by atoms with Crippen molar-refractivity contribution in [3.05, 3.63) is 47.7 Å². The summed E-state index contributed by atoms with van der Waals surface area (Å²) in [6, 6.07) is 10.1. The third-order valence-corrected chi connectivity index (χ3v) is 3.06. The molecule has 1 aliphatic heterocycles. The van der Waals surface area contributed by atoms with Gasteiger partial charge >= 0.3 is 5.97 Å². The highest BCUT2D eigenvalue weighted by Crippen LogP contribution is 2.36. The predicted molar refractivity (Wildman–Crippen MR) is 69.1 cm³/mol. The molecule has 0 spiro atoms.